The molecule has 0 aliphatic rings. The first-order chi connectivity index (χ1) is 22.3. The lowest BCUT2D eigenvalue weighted by Gasteiger charge is -2.19. The average molecular weight is 653 g/mol. The van der Waals surface area contributed by atoms with Crippen LogP contribution in [0, 0.1) is 0 Å². The molecule has 0 heterocycles. The van der Waals surface area contributed by atoms with E-state index in [4.69, 9.17) is 16.3 Å². The van der Waals surface area contributed by atoms with Crippen molar-refractivity contribution in [1.29, 1.82) is 0 Å². The van der Waals surface area contributed by atoms with E-state index in [2.05, 4.69) is 43.5 Å². The van der Waals surface area contributed by atoms with Gasteiger partial charge in [0.1, 0.15) is 23.3 Å². The first-order valence-electron chi connectivity index (χ1n) is 15.4. The zero-order valence-electron chi connectivity index (χ0n) is 27.3. The molecule has 8 heteroatoms. The second kappa shape index (κ2) is 15.5. The van der Waals surface area contributed by atoms with Crippen LogP contribution in [0.1, 0.15) is 56.1 Å². The van der Waals surface area contributed by atoms with Crippen molar-refractivity contribution in [2.75, 3.05) is 11.9 Å². The molecule has 4 rings (SSSR count). The summed E-state index contributed by atoms with van der Waals surface area (Å²) < 4.78 is 6.04. The summed E-state index contributed by atoms with van der Waals surface area (Å²) >= 11 is 6.26. The number of allylic oxidation sites excluding steroid dienone is 2. The third-order valence-electron chi connectivity index (χ3n) is 7.68. The van der Waals surface area contributed by atoms with Crippen molar-refractivity contribution in [2.24, 2.45) is 0 Å². The van der Waals surface area contributed by atoms with E-state index in [1.54, 1.807) is 42.5 Å². The number of aromatic hydroxyl groups is 1. The third-order valence-corrected chi connectivity index (χ3v) is 7.92. The first-order valence-corrected chi connectivity index (χ1v) is 15.8. The molecule has 0 saturated carbocycles. The second-order valence-electron chi connectivity index (χ2n) is 12.3. The van der Waals surface area contributed by atoms with Gasteiger partial charge in [-0.3, -0.25) is 4.79 Å². The highest BCUT2D eigenvalue weighted by Gasteiger charge is 2.23. The first kappa shape index (κ1) is 34.9. The summed E-state index contributed by atoms with van der Waals surface area (Å²) in [6.45, 7) is 10.7. The van der Waals surface area contributed by atoms with Gasteiger partial charge in [-0.2, -0.15) is 0 Å². The van der Waals surface area contributed by atoms with Gasteiger partial charge < -0.3 is 25.6 Å². The van der Waals surface area contributed by atoms with Crippen molar-refractivity contribution < 1.29 is 24.5 Å². The van der Waals surface area contributed by atoms with Crippen LogP contribution in [0.5, 0.6) is 11.5 Å². The largest absolute Gasteiger partial charge is 0.507 e. The van der Waals surface area contributed by atoms with Crippen LogP contribution in [0.15, 0.2) is 114 Å². The molecule has 244 valence electrons. The van der Waals surface area contributed by atoms with E-state index in [1.165, 1.54) is 11.6 Å². The number of benzene rings is 4. The van der Waals surface area contributed by atoms with Crippen molar-refractivity contribution in [1.82, 2.24) is 5.32 Å². The Morgan fingerprint density at radius 2 is 1.64 bits per heavy atom. The maximum atomic E-state index is 13.4. The van der Waals surface area contributed by atoms with Crippen LogP contribution in [0.4, 0.5) is 5.69 Å². The molecule has 0 bridgehead atoms. The minimum atomic E-state index is -1.18. The van der Waals surface area contributed by atoms with E-state index >= 15 is 0 Å². The van der Waals surface area contributed by atoms with E-state index in [0.717, 1.165) is 16.9 Å². The van der Waals surface area contributed by atoms with Gasteiger partial charge in [0, 0.05) is 29.2 Å². The van der Waals surface area contributed by atoms with Gasteiger partial charge in [-0.15, -0.1) is 0 Å². The molecule has 4 aromatic rings. The minimum Gasteiger partial charge on any atom is -0.507 e. The van der Waals surface area contributed by atoms with E-state index in [9.17, 15) is 19.8 Å². The number of phenolic OH excluding ortho intramolecular Hbond substituents is 1. The number of carboxylic acids is 1. The molecule has 0 radical (unpaired) electrons. The predicted octanol–water partition coefficient (Wildman–Crippen LogP) is 8.78. The number of nitrogens with one attached hydrogen (secondary N) is 2. The Bertz CT molecular complexity index is 1770. The van der Waals surface area contributed by atoms with E-state index < -0.39 is 17.9 Å². The fourth-order valence-corrected chi connectivity index (χ4v) is 5.17. The maximum absolute atomic E-state index is 13.4. The van der Waals surface area contributed by atoms with Gasteiger partial charge in [0.05, 0.1) is 5.56 Å². The van der Waals surface area contributed by atoms with Crippen LogP contribution in [0.2, 0.25) is 5.02 Å². The number of hydrogen-bond acceptors (Lipinski definition) is 5. The van der Waals surface area contributed by atoms with Crippen molar-refractivity contribution in [3.05, 3.63) is 136 Å². The fraction of sp³-hybridized carbons (Fsp3) is 0.231. The summed E-state index contributed by atoms with van der Waals surface area (Å²) in [6, 6.07) is 25.9. The summed E-state index contributed by atoms with van der Waals surface area (Å²) in [5.74, 6) is -0.125. The quantitative estimate of drug-likeness (QED) is 0.0900. The topological polar surface area (TPSA) is 108 Å². The summed E-state index contributed by atoms with van der Waals surface area (Å²) in [5, 5.41) is 26.4. The van der Waals surface area contributed by atoms with Crippen molar-refractivity contribution in [3.63, 3.8) is 0 Å². The summed E-state index contributed by atoms with van der Waals surface area (Å²) in [6.07, 6.45) is 3.94. The van der Waals surface area contributed by atoms with Gasteiger partial charge >= 0.3 is 5.97 Å². The molecular formula is C39H41ClN2O5. The molecule has 1 atom stereocenters. The number of ether oxygens (including phenoxy) is 1. The monoisotopic (exact) mass is 652 g/mol. The van der Waals surface area contributed by atoms with Gasteiger partial charge in [-0.25, -0.2) is 4.79 Å². The smallest absolute Gasteiger partial charge is 0.326 e. The Hall–Kier alpha value is -5.01. The molecule has 0 aliphatic heterocycles. The number of rotatable bonds is 12. The molecule has 0 unspecified atom stereocenters. The zero-order chi connectivity index (χ0) is 34.1. The molecule has 0 fully saturated rings. The number of carbonyl (C=O) groups excluding carboxylic acids is 1. The van der Waals surface area contributed by atoms with E-state index in [1.807, 2.05) is 56.3 Å². The van der Waals surface area contributed by atoms with Crippen LogP contribution >= 0.6 is 11.6 Å². The molecule has 0 saturated heterocycles. The van der Waals surface area contributed by atoms with Crippen LogP contribution in [-0.2, 0) is 16.6 Å². The molecule has 7 nitrogen and oxygen atoms in total. The standard InChI is InChI=1S/C39H41ClN2O5/c1-6-26(21-25(2)47-31-18-15-29(16-19-31)39(3,4)5)24-41-34-20-17-30(40)23-33(34)37(44)42-35(38(45)46)22-27-11-13-28(14-12-27)32-9-7-8-10-36(32)43/h6-21,23,35,41,43H,22,24H2,1-5H3,(H,42,44)(H,45,46)/b25-21+,26-6+/t35-/m0/s1. The van der Waals surface area contributed by atoms with Crippen molar-refractivity contribution in [3.8, 4) is 22.6 Å². The normalized spacial score (nSPS) is 12.7. The fourth-order valence-electron chi connectivity index (χ4n) is 5.00. The van der Waals surface area contributed by atoms with Gasteiger partial charge in [-0.05, 0) is 84.0 Å². The molecule has 4 aromatic carbocycles. The summed E-state index contributed by atoms with van der Waals surface area (Å²) in [4.78, 5) is 25.6. The van der Waals surface area contributed by atoms with E-state index in [0.29, 0.717) is 34.1 Å². The molecule has 47 heavy (non-hydrogen) atoms. The minimum absolute atomic E-state index is 0.0561. The van der Waals surface area contributed by atoms with Gasteiger partial charge in [0.2, 0.25) is 0 Å². The number of hydrogen-bond donors (Lipinski definition) is 4. The van der Waals surface area contributed by atoms with Gasteiger partial charge in [0.25, 0.3) is 5.91 Å². The number of anilines is 1. The number of carboxylic acid groups (broad SMARTS) is 1. The SMILES string of the molecule is C/C=C(\C=C(/C)Oc1ccc(C(C)(C)C)cc1)CNc1ccc(Cl)cc1C(=O)N[C@@H](Cc1ccc(-c2ccccc2O)cc1)C(=O)O. The molecular weight excluding hydrogens is 612 g/mol. The number of phenols is 1. The maximum Gasteiger partial charge on any atom is 0.326 e. The molecule has 0 spiro atoms. The lowest BCUT2D eigenvalue weighted by molar-refractivity contribution is -0.139. The molecule has 1 amide bonds. The number of para-hydroxylation sites is 1. The highest BCUT2D eigenvalue weighted by Crippen LogP contribution is 2.29. The Balaban J connectivity index is 1.42. The molecule has 0 aliphatic carbocycles. The highest BCUT2D eigenvalue weighted by molar-refractivity contribution is 6.31. The summed E-state index contributed by atoms with van der Waals surface area (Å²) in [5.41, 5.74) is 5.12. The second-order valence-corrected chi connectivity index (χ2v) is 12.8. The number of amides is 1. The Morgan fingerprint density at radius 1 is 0.957 bits per heavy atom. The van der Waals surface area contributed by atoms with E-state index in [-0.39, 0.29) is 23.1 Å². The number of halogens is 1. The van der Waals surface area contributed by atoms with Crippen LogP contribution in [0.25, 0.3) is 11.1 Å². The Labute approximate surface area is 281 Å². The lowest BCUT2D eigenvalue weighted by atomic mass is 9.87. The lowest BCUT2D eigenvalue weighted by Crippen LogP contribution is -2.42. The summed E-state index contributed by atoms with van der Waals surface area (Å²) in [7, 11) is 0. The highest BCUT2D eigenvalue weighted by atomic mass is 35.5. The van der Waals surface area contributed by atoms with Crippen LogP contribution < -0.4 is 15.4 Å². The van der Waals surface area contributed by atoms with Gasteiger partial charge in [-0.1, -0.05) is 93.0 Å². The molecule has 0 aromatic heterocycles. The predicted molar refractivity (Wildman–Crippen MR) is 189 cm³/mol. The van der Waals surface area contributed by atoms with Crippen LogP contribution in [-0.4, -0.2) is 34.7 Å². The molecule has 4 N–H and O–H groups in total. The van der Waals surface area contributed by atoms with Gasteiger partial charge in [0.15, 0.2) is 0 Å². The van der Waals surface area contributed by atoms with Crippen LogP contribution in [0.3, 0.4) is 0 Å². The Morgan fingerprint density at radius 3 is 2.26 bits per heavy atom. The number of carbonyl (C=O) groups is 2. The number of aliphatic carboxylic acids is 1. The van der Waals surface area contributed by atoms with Crippen molar-refractivity contribution >= 4 is 29.2 Å². The van der Waals surface area contributed by atoms with Crippen molar-refractivity contribution in [2.45, 2.75) is 52.5 Å². The third kappa shape index (κ3) is 9.74. The average Bonchev–Trinajstić information content (AvgIpc) is 3.03. The zero-order valence-corrected chi connectivity index (χ0v) is 28.1. The Kier molecular flexibility index (Phi) is 11.5.